The fraction of sp³-hybridized carbons (Fsp3) is 0.167. The highest BCUT2D eigenvalue weighted by Crippen LogP contribution is 2.28. The second-order valence-corrected chi connectivity index (χ2v) is 4.01. The molecule has 3 nitrogen and oxygen atoms in total. The summed E-state index contributed by atoms with van der Waals surface area (Å²) < 4.78 is 4.98. The van der Waals surface area contributed by atoms with E-state index in [0.717, 1.165) is 11.3 Å². The third-order valence-corrected chi connectivity index (χ3v) is 3.03. The molecular formula is C12H12N2OS. The second-order valence-electron chi connectivity index (χ2n) is 3.16. The molecule has 1 aromatic carbocycles. The molecule has 0 radical (unpaired) electrons. The Bertz CT molecular complexity index is 471. The van der Waals surface area contributed by atoms with Crippen LogP contribution in [0.4, 0.5) is 0 Å². The monoisotopic (exact) mass is 232 g/mol. The van der Waals surface area contributed by atoms with Gasteiger partial charge in [-0.05, 0) is 18.4 Å². The maximum Gasteiger partial charge on any atom is 0.233 e. The Morgan fingerprint density at radius 2 is 1.88 bits per heavy atom. The number of methoxy groups -OCH3 is 1. The van der Waals surface area contributed by atoms with E-state index in [1.54, 1.807) is 18.9 Å². The lowest BCUT2D eigenvalue weighted by molar-refractivity contribution is 0.392. The third-order valence-electron chi connectivity index (χ3n) is 2.23. The SMILES string of the molecule is COc1ccc(-c2ccccc2SC)nn1. The standard InChI is InChI=1S/C12H12N2OS/c1-15-12-8-7-10(13-14-12)9-5-3-4-6-11(9)16-2/h3-8H,1-2H3. The maximum absolute atomic E-state index is 4.98. The average molecular weight is 232 g/mol. The molecule has 0 N–H and O–H groups in total. The lowest BCUT2D eigenvalue weighted by Gasteiger charge is -2.05. The molecule has 0 unspecified atom stereocenters. The van der Waals surface area contributed by atoms with E-state index in [1.165, 1.54) is 4.90 Å². The summed E-state index contributed by atoms with van der Waals surface area (Å²) in [6, 6.07) is 11.9. The van der Waals surface area contributed by atoms with Crippen molar-refractivity contribution in [3.05, 3.63) is 36.4 Å². The molecule has 4 heteroatoms. The van der Waals surface area contributed by atoms with Crippen molar-refractivity contribution >= 4 is 11.8 Å². The van der Waals surface area contributed by atoms with Gasteiger partial charge in [0.2, 0.25) is 5.88 Å². The number of hydrogen-bond acceptors (Lipinski definition) is 4. The van der Waals surface area contributed by atoms with Gasteiger partial charge in [0, 0.05) is 16.5 Å². The van der Waals surface area contributed by atoms with Crippen molar-refractivity contribution in [3.63, 3.8) is 0 Å². The largest absolute Gasteiger partial charge is 0.480 e. The van der Waals surface area contributed by atoms with Gasteiger partial charge in [0.15, 0.2) is 0 Å². The molecule has 0 aliphatic rings. The highest BCUT2D eigenvalue weighted by Gasteiger charge is 2.05. The minimum Gasteiger partial charge on any atom is -0.480 e. The predicted molar refractivity (Wildman–Crippen MR) is 65.8 cm³/mol. The quantitative estimate of drug-likeness (QED) is 0.762. The Balaban J connectivity index is 2.42. The predicted octanol–water partition coefficient (Wildman–Crippen LogP) is 2.87. The first-order chi connectivity index (χ1) is 7.85. The van der Waals surface area contributed by atoms with Crippen molar-refractivity contribution in [2.24, 2.45) is 0 Å². The summed E-state index contributed by atoms with van der Waals surface area (Å²) in [6.45, 7) is 0. The highest BCUT2D eigenvalue weighted by atomic mass is 32.2. The number of rotatable bonds is 3. The molecule has 0 saturated heterocycles. The van der Waals surface area contributed by atoms with Crippen molar-refractivity contribution in [1.82, 2.24) is 10.2 Å². The Hall–Kier alpha value is -1.55. The highest BCUT2D eigenvalue weighted by molar-refractivity contribution is 7.98. The van der Waals surface area contributed by atoms with E-state index < -0.39 is 0 Å². The first-order valence-corrected chi connectivity index (χ1v) is 6.08. The fourth-order valence-electron chi connectivity index (χ4n) is 1.43. The van der Waals surface area contributed by atoms with Gasteiger partial charge in [-0.2, -0.15) is 0 Å². The molecule has 16 heavy (non-hydrogen) atoms. The molecule has 2 aromatic rings. The molecule has 0 saturated carbocycles. The number of hydrogen-bond donors (Lipinski definition) is 0. The van der Waals surface area contributed by atoms with Crippen molar-refractivity contribution in [2.75, 3.05) is 13.4 Å². The van der Waals surface area contributed by atoms with Gasteiger partial charge in [0.05, 0.1) is 12.8 Å². The maximum atomic E-state index is 4.98. The van der Waals surface area contributed by atoms with Gasteiger partial charge in [-0.25, -0.2) is 0 Å². The van der Waals surface area contributed by atoms with Gasteiger partial charge < -0.3 is 4.74 Å². The number of thioether (sulfide) groups is 1. The van der Waals surface area contributed by atoms with Crippen LogP contribution in [0.5, 0.6) is 5.88 Å². The zero-order chi connectivity index (χ0) is 11.4. The molecule has 1 heterocycles. The van der Waals surface area contributed by atoms with Crippen LogP contribution >= 0.6 is 11.8 Å². The van der Waals surface area contributed by atoms with Gasteiger partial charge in [-0.1, -0.05) is 18.2 Å². The van der Waals surface area contributed by atoms with E-state index in [4.69, 9.17) is 4.74 Å². The van der Waals surface area contributed by atoms with E-state index in [9.17, 15) is 0 Å². The number of nitrogens with zero attached hydrogens (tertiary/aromatic N) is 2. The van der Waals surface area contributed by atoms with Gasteiger partial charge >= 0.3 is 0 Å². The normalized spacial score (nSPS) is 10.1. The van der Waals surface area contributed by atoms with Crippen LogP contribution in [-0.2, 0) is 0 Å². The minimum atomic E-state index is 0.533. The van der Waals surface area contributed by atoms with E-state index >= 15 is 0 Å². The zero-order valence-electron chi connectivity index (χ0n) is 9.18. The summed E-state index contributed by atoms with van der Waals surface area (Å²) in [5.74, 6) is 0.533. The summed E-state index contributed by atoms with van der Waals surface area (Å²) in [7, 11) is 1.58. The van der Waals surface area contributed by atoms with Gasteiger partial charge in [0.1, 0.15) is 0 Å². The Labute approximate surface area is 98.9 Å². The molecule has 0 amide bonds. The molecule has 2 rings (SSSR count). The van der Waals surface area contributed by atoms with Gasteiger partial charge in [-0.15, -0.1) is 22.0 Å². The van der Waals surface area contributed by atoms with Crippen molar-refractivity contribution in [1.29, 1.82) is 0 Å². The number of ether oxygens (including phenoxy) is 1. The summed E-state index contributed by atoms with van der Waals surface area (Å²) in [4.78, 5) is 1.20. The Morgan fingerprint density at radius 3 is 2.50 bits per heavy atom. The molecule has 0 aliphatic carbocycles. The fourth-order valence-corrected chi connectivity index (χ4v) is 2.04. The smallest absolute Gasteiger partial charge is 0.233 e. The second kappa shape index (κ2) is 4.99. The summed E-state index contributed by atoms with van der Waals surface area (Å²) in [5, 5.41) is 8.11. The molecule has 0 bridgehead atoms. The summed E-state index contributed by atoms with van der Waals surface area (Å²) in [6.07, 6.45) is 2.05. The van der Waals surface area contributed by atoms with Crippen molar-refractivity contribution < 1.29 is 4.74 Å². The topological polar surface area (TPSA) is 35.0 Å². The van der Waals surface area contributed by atoms with Gasteiger partial charge in [-0.3, -0.25) is 0 Å². The van der Waals surface area contributed by atoms with Gasteiger partial charge in [0.25, 0.3) is 0 Å². The van der Waals surface area contributed by atoms with E-state index in [1.807, 2.05) is 30.3 Å². The molecule has 0 spiro atoms. The number of benzene rings is 1. The average Bonchev–Trinajstić information content (AvgIpc) is 2.39. The molecule has 82 valence electrons. The van der Waals surface area contributed by atoms with E-state index in [-0.39, 0.29) is 0 Å². The van der Waals surface area contributed by atoms with Crippen LogP contribution in [-0.4, -0.2) is 23.6 Å². The first kappa shape index (κ1) is 11.0. The third kappa shape index (κ3) is 2.17. The summed E-state index contributed by atoms with van der Waals surface area (Å²) in [5.41, 5.74) is 1.97. The first-order valence-electron chi connectivity index (χ1n) is 4.86. The Kier molecular flexibility index (Phi) is 3.41. The minimum absolute atomic E-state index is 0.533. The number of aromatic nitrogens is 2. The van der Waals surface area contributed by atoms with Crippen LogP contribution < -0.4 is 4.74 Å². The van der Waals surface area contributed by atoms with Crippen molar-refractivity contribution in [2.45, 2.75) is 4.90 Å². The van der Waals surface area contributed by atoms with Crippen LogP contribution in [0.3, 0.4) is 0 Å². The van der Waals surface area contributed by atoms with Crippen LogP contribution in [0, 0.1) is 0 Å². The van der Waals surface area contributed by atoms with E-state index in [0.29, 0.717) is 5.88 Å². The molecular weight excluding hydrogens is 220 g/mol. The zero-order valence-corrected chi connectivity index (χ0v) is 9.99. The molecule has 0 fully saturated rings. The molecule has 1 aromatic heterocycles. The van der Waals surface area contributed by atoms with Crippen LogP contribution in [0.25, 0.3) is 11.3 Å². The van der Waals surface area contributed by atoms with Crippen LogP contribution in [0.2, 0.25) is 0 Å². The Morgan fingerprint density at radius 1 is 1.06 bits per heavy atom. The van der Waals surface area contributed by atoms with E-state index in [2.05, 4.69) is 22.5 Å². The lowest BCUT2D eigenvalue weighted by atomic mass is 10.1. The molecule has 0 aliphatic heterocycles. The van der Waals surface area contributed by atoms with Crippen LogP contribution in [0.15, 0.2) is 41.3 Å². The molecule has 0 atom stereocenters. The van der Waals surface area contributed by atoms with Crippen LogP contribution in [0.1, 0.15) is 0 Å². The summed E-state index contributed by atoms with van der Waals surface area (Å²) >= 11 is 1.70. The van der Waals surface area contributed by atoms with Crippen molar-refractivity contribution in [3.8, 4) is 17.1 Å². The lowest BCUT2D eigenvalue weighted by Crippen LogP contribution is -1.92.